The number of hydrogen-bond donors (Lipinski definition) is 1. The first kappa shape index (κ1) is 20.7. The Morgan fingerprint density at radius 1 is 1.24 bits per heavy atom. The summed E-state index contributed by atoms with van der Waals surface area (Å²) < 4.78 is 16.6. The van der Waals surface area contributed by atoms with Gasteiger partial charge in [-0.1, -0.05) is 30.3 Å². The Hall–Kier alpha value is -3.03. The number of ether oxygens (including phenoxy) is 3. The van der Waals surface area contributed by atoms with Gasteiger partial charge in [0.25, 0.3) is 0 Å². The maximum Gasteiger partial charge on any atom is 0.218 e. The Morgan fingerprint density at radius 3 is 2.66 bits per heavy atom. The molecule has 3 rings (SSSR count). The van der Waals surface area contributed by atoms with Crippen LogP contribution in [0.2, 0.25) is 0 Å². The molecule has 1 atom stereocenters. The number of carbonyl (C=O) groups excluding carboxylic acids is 1. The van der Waals surface area contributed by atoms with Crippen LogP contribution in [0.15, 0.2) is 59.5 Å². The Labute approximate surface area is 170 Å². The average Bonchev–Trinajstić information content (AvgIpc) is 2.77. The molecule has 0 bridgehead atoms. The molecule has 1 saturated heterocycles. The second-order valence-corrected chi connectivity index (χ2v) is 6.50. The summed E-state index contributed by atoms with van der Waals surface area (Å²) in [6.07, 6.45) is 3.62. The molecule has 152 valence electrons. The summed E-state index contributed by atoms with van der Waals surface area (Å²) in [6.45, 7) is 3.81. The number of rotatable bonds is 7. The van der Waals surface area contributed by atoms with E-state index in [1.54, 1.807) is 7.05 Å². The summed E-state index contributed by atoms with van der Waals surface area (Å²) in [6, 6.07) is 12.0. The molecule has 1 fully saturated rings. The van der Waals surface area contributed by atoms with Crippen LogP contribution in [0.3, 0.4) is 0 Å². The minimum Gasteiger partial charge on any atom is -0.475 e. The minimum absolute atomic E-state index is 0.172. The van der Waals surface area contributed by atoms with Crippen LogP contribution in [0.1, 0.15) is 11.3 Å². The summed E-state index contributed by atoms with van der Waals surface area (Å²) >= 11 is 0. The van der Waals surface area contributed by atoms with Gasteiger partial charge < -0.3 is 19.5 Å². The lowest BCUT2D eigenvalue weighted by molar-refractivity contribution is -0.109. The van der Waals surface area contributed by atoms with Crippen molar-refractivity contribution >= 4 is 12.1 Å². The van der Waals surface area contributed by atoms with E-state index >= 15 is 0 Å². The van der Waals surface area contributed by atoms with E-state index in [1.807, 2.05) is 49.5 Å². The van der Waals surface area contributed by atoms with Gasteiger partial charge in [0, 0.05) is 36.1 Å². The van der Waals surface area contributed by atoms with Crippen LogP contribution < -0.4 is 5.32 Å². The van der Waals surface area contributed by atoms with Crippen molar-refractivity contribution in [1.29, 1.82) is 0 Å². The van der Waals surface area contributed by atoms with Gasteiger partial charge >= 0.3 is 0 Å². The molecule has 2 aromatic rings. The predicted molar refractivity (Wildman–Crippen MR) is 111 cm³/mol. The van der Waals surface area contributed by atoms with E-state index in [0.29, 0.717) is 31.9 Å². The molecule has 29 heavy (non-hydrogen) atoms. The zero-order valence-corrected chi connectivity index (χ0v) is 16.6. The third kappa shape index (κ3) is 5.97. The van der Waals surface area contributed by atoms with Crippen molar-refractivity contribution in [3.05, 3.63) is 65.8 Å². The number of aliphatic imine (C=N–C) groups is 1. The van der Waals surface area contributed by atoms with Crippen LogP contribution in [0.5, 0.6) is 0 Å². The Kier molecular flexibility index (Phi) is 7.49. The molecule has 0 saturated carbocycles. The van der Waals surface area contributed by atoms with Crippen molar-refractivity contribution in [1.82, 2.24) is 10.3 Å². The average molecular weight is 395 g/mol. The molecule has 1 aliphatic rings. The number of nitrogens with one attached hydrogen (secondary N) is 1. The highest BCUT2D eigenvalue weighted by Crippen LogP contribution is 2.19. The summed E-state index contributed by atoms with van der Waals surface area (Å²) in [4.78, 5) is 19.8. The SMILES string of the molecule is CN/C(=N\C(=C/C=O)OCC1COCCO1)c1ccc(-c2ccc(C)nc2)cc1. The lowest BCUT2D eigenvalue weighted by Gasteiger charge is -2.23. The number of aromatic nitrogens is 1. The third-order valence-corrected chi connectivity index (χ3v) is 4.37. The third-order valence-electron chi connectivity index (χ3n) is 4.37. The van der Waals surface area contributed by atoms with Crippen molar-refractivity contribution in [2.75, 3.05) is 33.5 Å². The van der Waals surface area contributed by atoms with Gasteiger partial charge in [-0.3, -0.25) is 9.78 Å². The Morgan fingerprint density at radius 2 is 2.03 bits per heavy atom. The molecular weight excluding hydrogens is 370 g/mol. The van der Waals surface area contributed by atoms with Gasteiger partial charge in [0.05, 0.1) is 19.8 Å². The molecule has 1 aromatic carbocycles. The zero-order chi connectivity index (χ0) is 20.5. The zero-order valence-electron chi connectivity index (χ0n) is 16.6. The highest BCUT2D eigenvalue weighted by molar-refractivity contribution is 5.99. The molecule has 0 spiro atoms. The standard InChI is InChI=1S/C22H25N3O4/c1-16-3-4-19(13-24-16)17-5-7-18(8-6-17)22(23-2)25-21(9-10-26)29-15-20-14-27-11-12-28-20/h3-10,13,20H,11-12,14-15H2,1-2H3,(H,23,25)/b21-9+. The van der Waals surface area contributed by atoms with E-state index < -0.39 is 0 Å². The molecule has 0 aliphatic carbocycles. The van der Waals surface area contributed by atoms with Crippen LogP contribution in [0.25, 0.3) is 11.1 Å². The van der Waals surface area contributed by atoms with Crippen LogP contribution >= 0.6 is 0 Å². The predicted octanol–water partition coefficient (Wildman–Crippen LogP) is 2.50. The topological polar surface area (TPSA) is 82.0 Å². The van der Waals surface area contributed by atoms with Crippen LogP contribution in [-0.4, -0.2) is 56.7 Å². The van der Waals surface area contributed by atoms with E-state index in [0.717, 1.165) is 22.4 Å². The minimum atomic E-state index is -0.172. The highest BCUT2D eigenvalue weighted by atomic mass is 16.6. The first-order valence-electron chi connectivity index (χ1n) is 9.47. The fourth-order valence-corrected chi connectivity index (χ4v) is 2.82. The van der Waals surface area contributed by atoms with Gasteiger partial charge in [-0.05, 0) is 18.6 Å². The van der Waals surface area contributed by atoms with E-state index in [2.05, 4.69) is 15.3 Å². The molecule has 1 aromatic heterocycles. The first-order chi connectivity index (χ1) is 14.2. The molecule has 0 amide bonds. The maximum atomic E-state index is 11.0. The van der Waals surface area contributed by atoms with Gasteiger partial charge in [-0.2, -0.15) is 4.99 Å². The molecule has 7 nitrogen and oxygen atoms in total. The summed E-state index contributed by atoms with van der Waals surface area (Å²) in [5, 5.41) is 3.06. The van der Waals surface area contributed by atoms with Crippen molar-refractivity contribution < 1.29 is 19.0 Å². The van der Waals surface area contributed by atoms with E-state index in [9.17, 15) is 4.79 Å². The van der Waals surface area contributed by atoms with E-state index in [-0.39, 0.29) is 18.6 Å². The quantitative estimate of drug-likeness (QED) is 0.255. The van der Waals surface area contributed by atoms with Crippen molar-refractivity contribution in [2.45, 2.75) is 13.0 Å². The number of aryl methyl sites for hydroxylation is 1. The second kappa shape index (κ2) is 10.5. The van der Waals surface area contributed by atoms with Gasteiger partial charge in [0.15, 0.2) is 0 Å². The number of nitrogens with zero attached hydrogens (tertiary/aromatic N) is 2. The Balaban J connectivity index is 1.73. The van der Waals surface area contributed by atoms with Crippen LogP contribution in [0.4, 0.5) is 0 Å². The van der Waals surface area contributed by atoms with Crippen molar-refractivity contribution in [3.63, 3.8) is 0 Å². The summed E-state index contributed by atoms with van der Waals surface area (Å²) in [5.41, 5.74) is 3.96. The number of carbonyl (C=O) groups is 1. The highest BCUT2D eigenvalue weighted by Gasteiger charge is 2.15. The molecule has 1 unspecified atom stereocenters. The number of benzene rings is 1. The van der Waals surface area contributed by atoms with Gasteiger partial charge in [-0.25, -0.2) is 0 Å². The fraction of sp³-hybridized carbons (Fsp3) is 0.318. The Bertz CT molecular complexity index is 855. The summed E-state index contributed by atoms with van der Waals surface area (Å²) in [5.74, 6) is 0.804. The maximum absolute atomic E-state index is 11.0. The van der Waals surface area contributed by atoms with Crippen LogP contribution in [0, 0.1) is 6.92 Å². The number of amidine groups is 1. The normalized spacial score (nSPS) is 17.7. The molecule has 1 aliphatic heterocycles. The number of allylic oxidation sites excluding steroid dienone is 1. The molecular formula is C22H25N3O4. The largest absolute Gasteiger partial charge is 0.475 e. The monoisotopic (exact) mass is 395 g/mol. The van der Waals surface area contributed by atoms with Gasteiger partial charge in [0.2, 0.25) is 5.88 Å². The molecule has 2 heterocycles. The van der Waals surface area contributed by atoms with Crippen LogP contribution in [-0.2, 0) is 19.0 Å². The number of pyridine rings is 1. The van der Waals surface area contributed by atoms with E-state index in [1.165, 1.54) is 6.08 Å². The number of hydrogen-bond acceptors (Lipinski definition) is 6. The van der Waals surface area contributed by atoms with Crippen molar-refractivity contribution in [3.8, 4) is 11.1 Å². The van der Waals surface area contributed by atoms with Crippen molar-refractivity contribution in [2.24, 2.45) is 4.99 Å². The van der Waals surface area contributed by atoms with Gasteiger partial charge in [0.1, 0.15) is 24.8 Å². The van der Waals surface area contributed by atoms with Gasteiger partial charge in [-0.15, -0.1) is 0 Å². The molecule has 1 N–H and O–H groups in total. The lowest BCUT2D eigenvalue weighted by Crippen LogP contribution is -2.32. The molecule has 7 heteroatoms. The fourth-order valence-electron chi connectivity index (χ4n) is 2.82. The molecule has 0 radical (unpaired) electrons. The smallest absolute Gasteiger partial charge is 0.218 e. The summed E-state index contributed by atoms with van der Waals surface area (Å²) in [7, 11) is 1.77. The second-order valence-electron chi connectivity index (χ2n) is 6.50. The van der Waals surface area contributed by atoms with E-state index in [4.69, 9.17) is 14.2 Å². The lowest BCUT2D eigenvalue weighted by atomic mass is 10.0. The first-order valence-corrected chi connectivity index (χ1v) is 9.47. The number of aldehydes is 1.